The van der Waals surface area contributed by atoms with Crippen LogP contribution in [0.3, 0.4) is 0 Å². The average Bonchev–Trinajstić information content (AvgIpc) is 2.60. The number of hydrogen-bond acceptors (Lipinski definition) is 1. The van der Waals surface area contributed by atoms with Crippen molar-refractivity contribution in [2.75, 3.05) is 7.05 Å². The normalized spacial score (nSPS) is 36.0. The summed E-state index contributed by atoms with van der Waals surface area (Å²) >= 11 is 12.2. The highest BCUT2D eigenvalue weighted by molar-refractivity contribution is 6.42. The largest absolute Gasteiger partial charge is 0.300 e. The van der Waals surface area contributed by atoms with Crippen molar-refractivity contribution in [1.82, 2.24) is 4.90 Å². The minimum atomic E-state index is 0.633. The Morgan fingerprint density at radius 2 is 1.94 bits per heavy atom. The topological polar surface area (TPSA) is 3.24 Å². The molecule has 1 nitrogen and oxygen atoms in total. The fourth-order valence-electron chi connectivity index (χ4n) is 3.92. The van der Waals surface area contributed by atoms with Gasteiger partial charge in [-0.05, 0) is 55.8 Å². The lowest BCUT2D eigenvalue weighted by molar-refractivity contribution is 0.110. The zero-order valence-corrected chi connectivity index (χ0v) is 12.4. The quantitative estimate of drug-likeness (QED) is 0.729. The molecule has 1 aromatic carbocycles. The molecule has 4 atom stereocenters. The maximum Gasteiger partial charge on any atom is 0.0595 e. The van der Waals surface area contributed by atoms with Gasteiger partial charge in [0.05, 0.1) is 10.0 Å². The van der Waals surface area contributed by atoms with Crippen LogP contribution in [-0.4, -0.2) is 24.0 Å². The Balaban J connectivity index is 1.90. The van der Waals surface area contributed by atoms with E-state index in [0.29, 0.717) is 21.9 Å². The molecule has 0 aliphatic carbocycles. The molecule has 2 aliphatic heterocycles. The van der Waals surface area contributed by atoms with E-state index in [2.05, 4.69) is 31.0 Å². The van der Waals surface area contributed by atoms with Gasteiger partial charge in [0.15, 0.2) is 0 Å². The molecule has 2 bridgehead atoms. The Hall–Kier alpha value is -0.240. The Bertz CT molecular complexity index is 460. The van der Waals surface area contributed by atoms with Crippen LogP contribution in [-0.2, 0) is 0 Å². The molecule has 0 radical (unpaired) electrons. The summed E-state index contributed by atoms with van der Waals surface area (Å²) in [6, 6.07) is 7.65. The van der Waals surface area contributed by atoms with Crippen molar-refractivity contribution < 1.29 is 0 Å². The highest BCUT2D eigenvalue weighted by Crippen LogP contribution is 2.46. The standard InChI is InChI=1S/C15H19Cl2N/c1-9-12(8-11-4-6-15(9)18(11)2)10-3-5-13(16)14(17)7-10/h3,5,7,9,11-12,15H,4,6,8H2,1-2H3/t9-,11?,12+,15?/m1/s1. The molecule has 3 rings (SSSR count). The van der Waals surface area contributed by atoms with Crippen LogP contribution in [0.1, 0.15) is 37.7 Å². The van der Waals surface area contributed by atoms with Crippen LogP contribution in [0.25, 0.3) is 0 Å². The van der Waals surface area contributed by atoms with E-state index in [1.807, 2.05) is 6.07 Å². The zero-order valence-electron chi connectivity index (χ0n) is 10.9. The molecule has 3 heteroatoms. The molecule has 0 saturated carbocycles. The van der Waals surface area contributed by atoms with E-state index >= 15 is 0 Å². The van der Waals surface area contributed by atoms with Crippen molar-refractivity contribution in [2.45, 2.75) is 44.2 Å². The van der Waals surface area contributed by atoms with Crippen LogP contribution in [0, 0.1) is 5.92 Å². The lowest BCUT2D eigenvalue weighted by atomic mass is 9.77. The van der Waals surface area contributed by atoms with E-state index in [1.54, 1.807) is 0 Å². The molecule has 1 aromatic rings. The Morgan fingerprint density at radius 3 is 2.67 bits per heavy atom. The van der Waals surface area contributed by atoms with E-state index in [4.69, 9.17) is 23.2 Å². The maximum atomic E-state index is 6.16. The predicted molar refractivity (Wildman–Crippen MR) is 77.6 cm³/mol. The monoisotopic (exact) mass is 283 g/mol. The van der Waals surface area contributed by atoms with E-state index < -0.39 is 0 Å². The molecule has 0 aromatic heterocycles. The minimum Gasteiger partial charge on any atom is -0.300 e. The first-order valence-corrected chi connectivity index (χ1v) is 7.50. The third kappa shape index (κ3) is 1.97. The van der Waals surface area contributed by atoms with E-state index in [1.165, 1.54) is 24.8 Å². The Kier molecular flexibility index (Phi) is 3.34. The Labute approximate surface area is 119 Å². The molecule has 2 fully saturated rings. The van der Waals surface area contributed by atoms with Crippen LogP contribution in [0.4, 0.5) is 0 Å². The van der Waals surface area contributed by atoms with Gasteiger partial charge in [0, 0.05) is 12.1 Å². The van der Waals surface area contributed by atoms with Crippen LogP contribution in [0.2, 0.25) is 10.0 Å². The summed E-state index contributed by atoms with van der Waals surface area (Å²) in [5, 5.41) is 1.34. The van der Waals surface area contributed by atoms with Crippen molar-refractivity contribution in [2.24, 2.45) is 5.92 Å². The number of fused-ring (bicyclic) bond motifs is 2. The van der Waals surface area contributed by atoms with Crippen LogP contribution >= 0.6 is 23.2 Å². The second-order valence-electron chi connectivity index (χ2n) is 5.84. The summed E-state index contributed by atoms with van der Waals surface area (Å²) in [6.07, 6.45) is 3.95. The average molecular weight is 284 g/mol. The van der Waals surface area contributed by atoms with Gasteiger partial charge in [0.2, 0.25) is 0 Å². The molecule has 2 saturated heterocycles. The highest BCUT2D eigenvalue weighted by atomic mass is 35.5. The van der Waals surface area contributed by atoms with E-state index in [-0.39, 0.29) is 0 Å². The summed E-state index contributed by atoms with van der Waals surface area (Å²) in [6.45, 7) is 2.38. The summed E-state index contributed by atoms with van der Waals surface area (Å²) in [5.41, 5.74) is 1.36. The number of halogens is 2. The number of piperidine rings is 1. The molecular formula is C15H19Cl2N. The van der Waals surface area contributed by atoms with Gasteiger partial charge in [-0.25, -0.2) is 0 Å². The number of nitrogens with zero attached hydrogens (tertiary/aromatic N) is 1. The third-order valence-corrected chi connectivity index (χ3v) is 5.77. The van der Waals surface area contributed by atoms with Gasteiger partial charge >= 0.3 is 0 Å². The van der Waals surface area contributed by atoms with Gasteiger partial charge < -0.3 is 4.90 Å². The summed E-state index contributed by atoms with van der Waals surface area (Å²) < 4.78 is 0. The molecule has 0 N–H and O–H groups in total. The van der Waals surface area contributed by atoms with E-state index in [0.717, 1.165) is 12.1 Å². The van der Waals surface area contributed by atoms with Gasteiger partial charge in [0.1, 0.15) is 0 Å². The zero-order chi connectivity index (χ0) is 12.9. The van der Waals surface area contributed by atoms with Crippen LogP contribution in [0.15, 0.2) is 18.2 Å². The molecular weight excluding hydrogens is 265 g/mol. The minimum absolute atomic E-state index is 0.633. The molecule has 2 heterocycles. The second kappa shape index (κ2) is 4.70. The number of benzene rings is 1. The predicted octanol–water partition coefficient (Wildman–Crippen LogP) is 4.58. The Morgan fingerprint density at radius 1 is 1.17 bits per heavy atom. The van der Waals surface area contributed by atoms with Crippen molar-refractivity contribution in [3.05, 3.63) is 33.8 Å². The van der Waals surface area contributed by atoms with Crippen LogP contribution in [0.5, 0.6) is 0 Å². The van der Waals surface area contributed by atoms with Gasteiger partial charge in [-0.3, -0.25) is 0 Å². The lowest BCUT2D eigenvalue weighted by Gasteiger charge is -2.41. The molecule has 0 amide bonds. The SMILES string of the molecule is C[C@H]1C2CCC(C[C@@H]1c1ccc(Cl)c(Cl)c1)N2C. The van der Waals surface area contributed by atoms with Gasteiger partial charge in [-0.2, -0.15) is 0 Å². The number of hydrogen-bond donors (Lipinski definition) is 0. The van der Waals surface area contributed by atoms with Gasteiger partial charge in [-0.15, -0.1) is 0 Å². The molecule has 2 unspecified atom stereocenters. The van der Waals surface area contributed by atoms with Crippen molar-refractivity contribution >= 4 is 23.2 Å². The molecule has 0 spiro atoms. The van der Waals surface area contributed by atoms with Crippen molar-refractivity contribution in [3.8, 4) is 0 Å². The summed E-state index contributed by atoms with van der Waals surface area (Å²) in [4.78, 5) is 2.58. The van der Waals surface area contributed by atoms with Crippen LogP contribution < -0.4 is 0 Å². The first kappa shape index (κ1) is 12.8. The van der Waals surface area contributed by atoms with E-state index in [9.17, 15) is 0 Å². The lowest BCUT2D eigenvalue weighted by Crippen LogP contribution is -2.44. The smallest absolute Gasteiger partial charge is 0.0595 e. The molecule has 98 valence electrons. The highest BCUT2D eigenvalue weighted by Gasteiger charge is 2.43. The molecule has 2 aliphatic rings. The second-order valence-corrected chi connectivity index (χ2v) is 6.65. The van der Waals surface area contributed by atoms with Gasteiger partial charge in [-0.1, -0.05) is 36.2 Å². The third-order valence-electron chi connectivity index (χ3n) is 5.03. The van der Waals surface area contributed by atoms with Crippen molar-refractivity contribution in [1.29, 1.82) is 0 Å². The summed E-state index contributed by atoms with van der Waals surface area (Å²) in [5.74, 6) is 1.33. The molecule has 18 heavy (non-hydrogen) atoms. The van der Waals surface area contributed by atoms with Gasteiger partial charge in [0.25, 0.3) is 0 Å². The van der Waals surface area contributed by atoms with Crippen molar-refractivity contribution in [3.63, 3.8) is 0 Å². The summed E-state index contributed by atoms with van der Waals surface area (Å²) in [7, 11) is 2.28. The fourth-order valence-corrected chi connectivity index (χ4v) is 4.22. The first-order chi connectivity index (χ1) is 8.58. The number of rotatable bonds is 1. The fraction of sp³-hybridized carbons (Fsp3) is 0.600. The maximum absolute atomic E-state index is 6.16. The first-order valence-electron chi connectivity index (χ1n) is 6.75.